The van der Waals surface area contributed by atoms with Crippen molar-refractivity contribution in [3.05, 3.63) is 52.8 Å². The Hall–Kier alpha value is -4.08. The fraction of sp³-hybridized carbons (Fsp3) is 0.304. The van der Waals surface area contributed by atoms with Crippen molar-refractivity contribution in [3.8, 4) is 22.9 Å². The van der Waals surface area contributed by atoms with E-state index < -0.39 is 0 Å². The predicted molar refractivity (Wildman–Crippen MR) is 123 cm³/mol. The molecule has 0 saturated heterocycles. The van der Waals surface area contributed by atoms with Crippen LogP contribution in [0.2, 0.25) is 0 Å². The van der Waals surface area contributed by atoms with Gasteiger partial charge in [-0.1, -0.05) is 5.16 Å². The normalized spacial score (nSPS) is 11.2. The highest BCUT2D eigenvalue weighted by atomic mass is 16.5. The van der Waals surface area contributed by atoms with Crippen LogP contribution in [-0.4, -0.2) is 39.4 Å². The fourth-order valence-corrected chi connectivity index (χ4v) is 3.75. The Balaban J connectivity index is 1.71. The summed E-state index contributed by atoms with van der Waals surface area (Å²) in [4.78, 5) is 30.3. The summed E-state index contributed by atoms with van der Waals surface area (Å²) in [5, 5.41) is 6.77. The van der Waals surface area contributed by atoms with Gasteiger partial charge in [-0.3, -0.25) is 13.9 Å². The molecule has 10 heteroatoms. The molecule has 33 heavy (non-hydrogen) atoms. The van der Waals surface area contributed by atoms with Crippen molar-refractivity contribution < 1.29 is 18.8 Å². The van der Waals surface area contributed by atoms with Crippen LogP contribution in [0.25, 0.3) is 22.4 Å². The molecule has 0 aliphatic heterocycles. The molecule has 0 saturated carbocycles. The molecular weight excluding hydrogens is 426 g/mol. The summed E-state index contributed by atoms with van der Waals surface area (Å²) in [6.45, 7) is 5.38. The topological polar surface area (TPSA) is 113 Å². The lowest BCUT2D eigenvalue weighted by Crippen LogP contribution is -2.30. The average molecular weight is 451 g/mol. The summed E-state index contributed by atoms with van der Waals surface area (Å²) in [6, 6.07) is 10.4. The van der Waals surface area contributed by atoms with E-state index in [4.69, 9.17) is 14.0 Å². The monoisotopic (exact) mass is 451 g/mol. The van der Waals surface area contributed by atoms with E-state index in [2.05, 4.69) is 15.5 Å². The summed E-state index contributed by atoms with van der Waals surface area (Å²) in [5.74, 6) is 1.55. The van der Waals surface area contributed by atoms with Crippen LogP contribution in [0.1, 0.15) is 25.8 Å². The quantitative estimate of drug-likeness (QED) is 0.458. The van der Waals surface area contributed by atoms with E-state index in [0.717, 1.165) is 5.52 Å². The van der Waals surface area contributed by atoms with E-state index in [1.54, 1.807) is 35.8 Å². The number of nitrogens with zero attached hydrogens (tertiary/aromatic N) is 4. The van der Waals surface area contributed by atoms with Crippen molar-refractivity contribution in [1.82, 2.24) is 19.3 Å². The van der Waals surface area contributed by atoms with Gasteiger partial charge in [-0.25, -0.2) is 4.79 Å². The van der Waals surface area contributed by atoms with Gasteiger partial charge in [0.15, 0.2) is 11.5 Å². The molecule has 4 aromatic rings. The minimum atomic E-state index is -0.354. The van der Waals surface area contributed by atoms with Crippen LogP contribution in [0.5, 0.6) is 11.5 Å². The van der Waals surface area contributed by atoms with Gasteiger partial charge in [0.25, 0.3) is 0 Å². The second-order valence-corrected chi connectivity index (χ2v) is 7.79. The number of fused-ring (bicyclic) bond motifs is 1. The molecule has 10 nitrogen and oxygen atoms in total. The van der Waals surface area contributed by atoms with Gasteiger partial charge in [0.2, 0.25) is 17.6 Å². The number of nitrogens with one attached hydrogen (secondary N) is 1. The van der Waals surface area contributed by atoms with E-state index in [-0.39, 0.29) is 24.2 Å². The van der Waals surface area contributed by atoms with Gasteiger partial charge in [-0.2, -0.15) is 4.98 Å². The van der Waals surface area contributed by atoms with E-state index in [0.29, 0.717) is 40.0 Å². The maximum atomic E-state index is 13.2. The fourth-order valence-electron chi connectivity index (χ4n) is 3.75. The molecule has 1 N–H and O–H groups in total. The van der Waals surface area contributed by atoms with Gasteiger partial charge < -0.3 is 19.3 Å². The number of amides is 1. The zero-order valence-electron chi connectivity index (χ0n) is 19.1. The lowest BCUT2D eigenvalue weighted by atomic mass is 10.2. The smallest absolute Gasteiger partial charge is 0.329 e. The first kappa shape index (κ1) is 22.1. The second kappa shape index (κ2) is 8.81. The number of carbonyl (C=O) groups excluding carboxylic acids is 1. The van der Waals surface area contributed by atoms with E-state index in [9.17, 15) is 9.59 Å². The number of ether oxygens (including phenoxy) is 2. The molecule has 2 heterocycles. The summed E-state index contributed by atoms with van der Waals surface area (Å²) < 4.78 is 18.7. The van der Waals surface area contributed by atoms with E-state index in [1.165, 1.54) is 18.8 Å². The molecule has 2 aromatic carbocycles. The molecule has 2 aromatic heterocycles. The number of anilines is 1. The van der Waals surface area contributed by atoms with Crippen LogP contribution in [0.4, 0.5) is 5.69 Å². The highest BCUT2D eigenvalue weighted by molar-refractivity contribution is 5.92. The van der Waals surface area contributed by atoms with Crippen LogP contribution in [0.3, 0.4) is 0 Å². The maximum Gasteiger partial charge on any atom is 0.329 e. The molecule has 0 radical (unpaired) electrons. The molecule has 0 bridgehead atoms. The number of aromatic nitrogens is 4. The number of rotatable bonds is 7. The SMILES string of the molecule is COc1ccc(NC(=O)Cn2c(=O)n(C(C)C)c3ccc(-c4noc(C)n4)cc32)cc1OC. The zero-order valence-corrected chi connectivity index (χ0v) is 19.1. The van der Waals surface area contributed by atoms with Gasteiger partial charge >= 0.3 is 5.69 Å². The van der Waals surface area contributed by atoms with Crippen LogP contribution in [0.15, 0.2) is 45.7 Å². The number of hydrogen-bond donors (Lipinski definition) is 1. The number of imidazole rings is 1. The van der Waals surface area contributed by atoms with Gasteiger partial charge in [0.1, 0.15) is 6.54 Å². The molecule has 0 aliphatic carbocycles. The molecule has 0 spiro atoms. The molecule has 0 unspecified atom stereocenters. The molecule has 4 rings (SSSR count). The van der Waals surface area contributed by atoms with Gasteiger partial charge in [0.05, 0.1) is 25.3 Å². The molecular formula is C23H25N5O5. The number of carbonyl (C=O) groups is 1. The van der Waals surface area contributed by atoms with Crippen molar-refractivity contribution in [2.75, 3.05) is 19.5 Å². The minimum Gasteiger partial charge on any atom is -0.493 e. The Bertz CT molecular complexity index is 1380. The first-order chi connectivity index (χ1) is 15.8. The highest BCUT2D eigenvalue weighted by Crippen LogP contribution is 2.30. The van der Waals surface area contributed by atoms with Crippen LogP contribution >= 0.6 is 0 Å². The lowest BCUT2D eigenvalue weighted by molar-refractivity contribution is -0.116. The molecule has 1 amide bonds. The Kier molecular flexibility index (Phi) is 5.91. The number of aryl methyl sites for hydroxylation is 1. The van der Waals surface area contributed by atoms with Gasteiger partial charge in [-0.15, -0.1) is 0 Å². The van der Waals surface area contributed by atoms with Crippen molar-refractivity contribution in [2.24, 2.45) is 0 Å². The lowest BCUT2D eigenvalue weighted by Gasteiger charge is -2.11. The van der Waals surface area contributed by atoms with E-state index >= 15 is 0 Å². The maximum absolute atomic E-state index is 13.2. The predicted octanol–water partition coefficient (Wildman–Crippen LogP) is 3.40. The molecule has 0 aliphatic rings. The number of benzene rings is 2. The van der Waals surface area contributed by atoms with E-state index in [1.807, 2.05) is 26.0 Å². The van der Waals surface area contributed by atoms with Gasteiger partial charge in [0, 0.05) is 30.3 Å². The summed E-state index contributed by atoms with van der Waals surface area (Å²) in [6.07, 6.45) is 0. The molecule has 0 atom stereocenters. The standard InChI is InChI=1S/C23H25N5O5/c1-13(2)28-17-8-6-15(22-24-14(3)33-26-22)10-18(17)27(23(28)30)12-21(29)25-16-7-9-19(31-4)20(11-16)32-5/h6-11,13H,12H2,1-5H3,(H,25,29). The number of methoxy groups -OCH3 is 2. The first-order valence-corrected chi connectivity index (χ1v) is 10.4. The van der Waals surface area contributed by atoms with Crippen molar-refractivity contribution >= 4 is 22.6 Å². The van der Waals surface area contributed by atoms with Gasteiger partial charge in [-0.05, 0) is 44.2 Å². The Morgan fingerprint density at radius 1 is 1.09 bits per heavy atom. The Morgan fingerprint density at radius 2 is 1.85 bits per heavy atom. The summed E-state index contributed by atoms with van der Waals surface area (Å²) in [7, 11) is 3.06. The third-order valence-corrected chi connectivity index (χ3v) is 5.23. The zero-order chi connectivity index (χ0) is 23.7. The largest absolute Gasteiger partial charge is 0.493 e. The van der Waals surface area contributed by atoms with Crippen LogP contribution in [-0.2, 0) is 11.3 Å². The highest BCUT2D eigenvalue weighted by Gasteiger charge is 2.19. The number of hydrogen-bond acceptors (Lipinski definition) is 7. The van der Waals surface area contributed by atoms with Crippen LogP contribution in [0, 0.1) is 6.92 Å². The average Bonchev–Trinajstić information content (AvgIpc) is 3.34. The molecule has 172 valence electrons. The van der Waals surface area contributed by atoms with Crippen molar-refractivity contribution in [1.29, 1.82) is 0 Å². The third kappa shape index (κ3) is 4.19. The van der Waals surface area contributed by atoms with Crippen molar-refractivity contribution in [2.45, 2.75) is 33.4 Å². The third-order valence-electron chi connectivity index (χ3n) is 5.23. The second-order valence-electron chi connectivity index (χ2n) is 7.79. The minimum absolute atomic E-state index is 0.0894. The molecule has 0 fully saturated rings. The Morgan fingerprint density at radius 3 is 2.48 bits per heavy atom. The summed E-state index contributed by atoms with van der Waals surface area (Å²) in [5.41, 5.74) is 2.27. The first-order valence-electron chi connectivity index (χ1n) is 10.4. The van der Waals surface area contributed by atoms with Crippen LogP contribution < -0.4 is 20.5 Å². The Labute approximate surface area is 189 Å². The van der Waals surface area contributed by atoms with Crippen molar-refractivity contribution in [3.63, 3.8) is 0 Å². The summed E-state index contributed by atoms with van der Waals surface area (Å²) >= 11 is 0.